The molecule has 4 nitrogen and oxygen atoms in total. The lowest BCUT2D eigenvalue weighted by atomic mass is 10.1. The summed E-state index contributed by atoms with van der Waals surface area (Å²) in [5, 5.41) is 1.60. The Hall–Kier alpha value is -1.49. The van der Waals surface area contributed by atoms with E-state index in [0.717, 1.165) is 11.4 Å². The van der Waals surface area contributed by atoms with Crippen LogP contribution in [0.4, 0.5) is 5.82 Å². The van der Waals surface area contributed by atoms with Gasteiger partial charge in [0.1, 0.15) is 5.82 Å². The Kier molecular flexibility index (Phi) is 5.49. The number of nitrogens with zero attached hydrogens (tertiary/aromatic N) is 3. The maximum Gasteiger partial charge on any atom is 0.227 e. The van der Waals surface area contributed by atoms with Crippen molar-refractivity contribution in [3.05, 3.63) is 57.2 Å². The number of amides is 1. The van der Waals surface area contributed by atoms with Crippen LogP contribution in [0, 0.1) is 0 Å². The molecule has 3 rings (SSSR count). The summed E-state index contributed by atoms with van der Waals surface area (Å²) >= 11 is 18.1. The molecule has 1 aromatic carbocycles. The van der Waals surface area contributed by atoms with Crippen molar-refractivity contribution in [2.45, 2.75) is 6.42 Å². The average molecular weight is 385 g/mol. The Labute approximate surface area is 155 Å². The van der Waals surface area contributed by atoms with Gasteiger partial charge in [0.25, 0.3) is 0 Å². The zero-order valence-electron chi connectivity index (χ0n) is 12.9. The molecule has 1 amide bonds. The molecule has 0 saturated carbocycles. The minimum absolute atomic E-state index is 0.0835. The second kappa shape index (κ2) is 7.60. The molecular weight excluding hydrogens is 369 g/mol. The number of rotatable bonds is 3. The van der Waals surface area contributed by atoms with E-state index in [1.807, 2.05) is 23.1 Å². The molecule has 1 fully saturated rings. The largest absolute Gasteiger partial charge is 0.352 e. The smallest absolute Gasteiger partial charge is 0.227 e. The van der Waals surface area contributed by atoms with Gasteiger partial charge in [-0.1, -0.05) is 40.9 Å². The Morgan fingerprint density at radius 2 is 1.75 bits per heavy atom. The molecule has 1 aliphatic rings. The maximum atomic E-state index is 12.5. The Morgan fingerprint density at radius 3 is 2.42 bits per heavy atom. The first-order chi connectivity index (χ1) is 11.5. The number of halogens is 3. The minimum atomic E-state index is 0.0835. The Balaban J connectivity index is 1.59. The lowest BCUT2D eigenvalue weighted by Gasteiger charge is -2.35. The fourth-order valence-corrected chi connectivity index (χ4v) is 3.28. The van der Waals surface area contributed by atoms with Gasteiger partial charge in [-0.15, -0.1) is 0 Å². The van der Waals surface area contributed by atoms with Crippen LogP contribution >= 0.6 is 34.8 Å². The number of anilines is 1. The summed E-state index contributed by atoms with van der Waals surface area (Å²) in [7, 11) is 0. The molecular formula is C17H16Cl3N3O. The number of piperazine rings is 1. The fourth-order valence-electron chi connectivity index (χ4n) is 2.71. The highest BCUT2D eigenvalue weighted by atomic mass is 35.5. The summed E-state index contributed by atoms with van der Waals surface area (Å²) in [6, 6.07) is 8.92. The number of hydrogen-bond acceptors (Lipinski definition) is 3. The molecule has 0 radical (unpaired) electrons. The molecule has 1 aromatic heterocycles. The predicted octanol–water partition coefficient (Wildman–Crippen LogP) is 3.93. The van der Waals surface area contributed by atoms with Crippen LogP contribution in [0.3, 0.4) is 0 Å². The van der Waals surface area contributed by atoms with Crippen LogP contribution in [0.15, 0.2) is 36.5 Å². The molecule has 0 atom stereocenters. The van der Waals surface area contributed by atoms with Crippen molar-refractivity contribution in [3.8, 4) is 0 Å². The molecule has 0 bridgehead atoms. The molecule has 1 saturated heterocycles. The SMILES string of the molecule is O=C(Cc1ccc(Cl)c(Cl)c1)N1CCN(c2ncccc2Cl)CC1. The molecule has 24 heavy (non-hydrogen) atoms. The zero-order chi connectivity index (χ0) is 17.1. The second-order valence-corrected chi connectivity index (χ2v) is 6.82. The monoisotopic (exact) mass is 383 g/mol. The maximum absolute atomic E-state index is 12.5. The van der Waals surface area contributed by atoms with E-state index in [1.165, 1.54) is 0 Å². The van der Waals surface area contributed by atoms with E-state index in [1.54, 1.807) is 18.3 Å². The third-order valence-corrected chi connectivity index (χ3v) is 5.04. The number of hydrogen-bond donors (Lipinski definition) is 0. The van der Waals surface area contributed by atoms with Crippen molar-refractivity contribution in [1.29, 1.82) is 0 Å². The summed E-state index contributed by atoms with van der Waals surface area (Å²) in [5.41, 5.74) is 0.865. The highest BCUT2D eigenvalue weighted by Crippen LogP contribution is 2.25. The van der Waals surface area contributed by atoms with E-state index >= 15 is 0 Å². The molecule has 1 aliphatic heterocycles. The van der Waals surface area contributed by atoms with Crippen LogP contribution in [-0.2, 0) is 11.2 Å². The molecule has 2 aromatic rings. The van der Waals surface area contributed by atoms with Crippen LogP contribution in [0.1, 0.15) is 5.56 Å². The van der Waals surface area contributed by atoms with Crippen molar-refractivity contribution < 1.29 is 4.79 Å². The van der Waals surface area contributed by atoms with Gasteiger partial charge in [-0.2, -0.15) is 0 Å². The van der Waals surface area contributed by atoms with Gasteiger partial charge >= 0.3 is 0 Å². The van der Waals surface area contributed by atoms with Crippen LogP contribution in [0.25, 0.3) is 0 Å². The quantitative estimate of drug-likeness (QED) is 0.804. The third-order valence-electron chi connectivity index (χ3n) is 4.01. The van der Waals surface area contributed by atoms with Crippen LogP contribution in [-0.4, -0.2) is 42.0 Å². The van der Waals surface area contributed by atoms with Crippen LogP contribution in [0.2, 0.25) is 15.1 Å². The van der Waals surface area contributed by atoms with Gasteiger partial charge in [0.2, 0.25) is 5.91 Å². The van der Waals surface area contributed by atoms with Gasteiger partial charge in [-0.3, -0.25) is 4.79 Å². The lowest BCUT2D eigenvalue weighted by molar-refractivity contribution is -0.130. The number of pyridine rings is 1. The van der Waals surface area contributed by atoms with Gasteiger partial charge in [-0.25, -0.2) is 4.98 Å². The predicted molar refractivity (Wildman–Crippen MR) is 98.2 cm³/mol. The molecule has 126 valence electrons. The topological polar surface area (TPSA) is 36.4 Å². The van der Waals surface area contributed by atoms with Gasteiger partial charge in [0.15, 0.2) is 0 Å². The van der Waals surface area contributed by atoms with E-state index in [2.05, 4.69) is 9.88 Å². The first kappa shape index (κ1) is 17.3. The molecule has 7 heteroatoms. The molecule has 2 heterocycles. The first-order valence-electron chi connectivity index (χ1n) is 7.62. The Bertz CT molecular complexity index is 746. The highest BCUT2D eigenvalue weighted by Gasteiger charge is 2.23. The zero-order valence-corrected chi connectivity index (χ0v) is 15.2. The highest BCUT2D eigenvalue weighted by molar-refractivity contribution is 6.42. The van der Waals surface area contributed by atoms with Gasteiger partial charge in [0, 0.05) is 32.4 Å². The number of benzene rings is 1. The second-order valence-electron chi connectivity index (χ2n) is 5.60. The van der Waals surface area contributed by atoms with E-state index in [9.17, 15) is 4.79 Å². The van der Waals surface area contributed by atoms with E-state index in [4.69, 9.17) is 34.8 Å². The number of aromatic nitrogens is 1. The normalized spacial score (nSPS) is 14.8. The van der Waals surface area contributed by atoms with Gasteiger partial charge in [0.05, 0.1) is 21.5 Å². The van der Waals surface area contributed by atoms with Crippen molar-refractivity contribution in [2.75, 3.05) is 31.1 Å². The van der Waals surface area contributed by atoms with Gasteiger partial charge in [-0.05, 0) is 29.8 Å². The molecule has 0 aliphatic carbocycles. The van der Waals surface area contributed by atoms with Crippen molar-refractivity contribution in [2.24, 2.45) is 0 Å². The van der Waals surface area contributed by atoms with Gasteiger partial charge < -0.3 is 9.80 Å². The first-order valence-corrected chi connectivity index (χ1v) is 8.75. The van der Waals surface area contributed by atoms with Crippen LogP contribution in [0.5, 0.6) is 0 Å². The number of carbonyl (C=O) groups excluding carboxylic acids is 1. The Morgan fingerprint density at radius 1 is 1.00 bits per heavy atom. The van der Waals surface area contributed by atoms with E-state index in [0.29, 0.717) is 47.7 Å². The van der Waals surface area contributed by atoms with Crippen molar-refractivity contribution in [1.82, 2.24) is 9.88 Å². The number of carbonyl (C=O) groups is 1. The van der Waals surface area contributed by atoms with Crippen molar-refractivity contribution >= 4 is 46.5 Å². The van der Waals surface area contributed by atoms with Crippen molar-refractivity contribution in [3.63, 3.8) is 0 Å². The van der Waals surface area contributed by atoms with E-state index < -0.39 is 0 Å². The molecule has 0 N–H and O–H groups in total. The third kappa shape index (κ3) is 3.94. The summed E-state index contributed by atoms with van der Waals surface area (Å²) in [5.74, 6) is 0.857. The average Bonchev–Trinajstić information content (AvgIpc) is 2.59. The fraction of sp³-hybridized carbons (Fsp3) is 0.294. The van der Waals surface area contributed by atoms with Crippen LogP contribution < -0.4 is 4.90 Å². The standard InChI is InChI=1S/C17H16Cl3N3O/c18-13-4-3-12(10-15(13)20)11-16(24)22-6-8-23(9-7-22)17-14(19)2-1-5-21-17/h1-5,10H,6-9,11H2. The lowest BCUT2D eigenvalue weighted by Crippen LogP contribution is -2.49. The minimum Gasteiger partial charge on any atom is -0.352 e. The summed E-state index contributed by atoms with van der Waals surface area (Å²) < 4.78 is 0. The summed E-state index contributed by atoms with van der Waals surface area (Å²) in [4.78, 5) is 20.7. The molecule has 0 spiro atoms. The molecule has 0 unspecified atom stereocenters. The summed E-state index contributed by atoms with van der Waals surface area (Å²) in [6.07, 6.45) is 2.05. The summed E-state index contributed by atoms with van der Waals surface area (Å²) in [6.45, 7) is 2.72. The van der Waals surface area contributed by atoms with E-state index in [-0.39, 0.29) is 5.91 Å².